The van der Waals surface area contributed by atoms with Crippen LogP contribution in [-0.4, -0.2) is 22.0 Å². The fraction of sp³-hybridized carbons (Fsp3) is 0.304. The summed E-state index contributed by atoms with van der Waals surface area (Å²) in [4.78, 5) is 16.8. The van der Waals surface area contributed by atoms with Gasteiger partial charge in [-0.3, -0.25) is 4.79 Å². The minimum absolute atomic E-state index is 0.0437. The first-order valence-electron chi connectivity index (χ1n) is 9.69. The van der Waals surface area contributed by atoms with Crippen LogP contribution in [0.15, 0.2) is 67.0 Å². The molecule has 28 heavy (non-hydrogen) atoms. The third-order valence-corrected chi connectivity index (χ3v) is 5.69. The molecule has 1 aliphatic rings. The van der Waals surface area contributed by atoms with Crippen molar-refractivity contribution in [3.05, 3.63) is 83.9 Å². The van der Waals surface area contributed by atoms with E-state index < -0.39 is 0 Å². The molecule has 0 spiro atoms. The van der Waals surface area contributed by atoms with Crippen molar-refractivity contribution in [2.24, 2.45) is 7.05 Å². The summed E-state index contributed by atoms with van der Waals surface area (Å²) in [6, 6.07) is 17.8. The molecule has 0 aliphatic heterocycles. The highest BCUT2D eigenvalue weighted by atomic mass is 16.5. The standard InChI is InChI=1S/C23H25N3O2/c1-26-15-14-24-21(26)16-28-20-10-8-18(9-11-20)22(27)25-17-23(12-5-13-23)19-6-3-2-4-7-19/h2-4,6-11,14-15H,5,12-13,16-17H2,1H3,(H,25,27). The molecule has 144 valence electrons. The smallest absolute Gasteiger partial charge is 0.251 e. The Balaban J connectivity index is 1.34. The zero-order chi connectivity index (χ0) is 19.4. The van der Waals surface area contributed by atoms with Crippen LogP contribution in [0.4, 0.5) is 0 Å². The van der Waals surface area contributed by atoms with Crippen molar-refractivity contribution in [3.8, 4) is 5.75 Å². The zero-order valence-electron chi connectivity index (χ0n) is 16.1. The van der Waals surface area contributed by atoms with Crippen LogP contribution < -0.4 is 10.1 Å². The van der Waals surface area contributed by atoms with E-state index in [-0.39, 0.29) is 11.3 Å². The Kier molecular flexibility index (Phi) is 5.15. The molecule has 1 saturated carbocycles. The summed E-state index contributed by atoms with van der Waals surface area (Å²) in [5, 5.41) is 3.13. The Hall–Kier alpha value is -3.08. The average molecular weight is 375 g/mol. The molecule has 5 heteroatoms. The number of benzene rings is 2. The Bertz CT molecular complexity index is 928. The van der Waals surface area contributed by atoms with E-state index >= 15 is 0 Å². The Morgan fingerprint density at radius 1 is 1.14 bits per heavy atom. The van der Waals surface area contributed by atoms with E-state index in [1.165, 1.54) is 12.0 Å². The van der Waals surface area contributed by atoms with E-state index in [9.17, 15) is 4.79 Å². The highest BCUT2D eigenvalue weighted by molar-refractivity contribution is 5.94. The predicted molar refractivity (Wildman–Crippen MR) is 108 cm³/mol. The van der Waals surface area contributed by atoms with E-state index in [4.69, 9.17) is 4.74 Å². The van der Waals surface area contributed by atoms with Crippen LogP contribution in [-0.2, 0) is 19.1 Å². The van der Waals surface area contributed by atoms with Crippen LogP contribution >= 0.6 is 0 Å². The largest absolute Gasteiger partial charge is 0.486 e. The number of carbonyl (C=O) groups excluding carboxylic acids is 1. The van der Waals surface area contributed by atoms with Gasteiger partial charge in [-0.15, -0.1) is 0 Å². The molecule has 0 radical (unpaired) electrons. The average Bonchev–Trinajstić information content (AvgIpc) is 3.11. The van der Waals surface area contributed by atoms with Crippen molar-refractivity contribution < 1.29 is 9.53 Å². The Morgan fingerprint density at radius 3 is 2.50 bits per heavy atom. The van der Waals surface area contributed by atoms with Crippen molar-refractivity contribution in [2.45, 2.75) is 31.3 Å². The molecule has 1 fully saturated rings. The quantitative estimate of drug-likeness (QED) is 0.682. The summed E-state index contributed by atoms with van der Waals surface area (Å²) in [5.41, 5.74) is 2.05. The fourth-order valence-electron chi connectivity index (χ4n) is 3.70. The summed E-state index contributed by atoms with van der Waals surface area (Å²) >= 11 is 0. The molecule has 0 bridgehead atoms. The van der Waals surface area contributed by atoms with Gasteiger partial charge in [0.15, 0.2) is 0 Å². The number of aromatic nitrogens is 2. The molecular formula is C23H25N3O2. The summed E-state index contributed by atoms with van der Waals surface area (Å²) < 4.78 is 7.67. The van der Waals surface area contributed by atoms with Crippen molar-refractivity contribution in [1.29, 1.82) is 0 Å². The minimum Gasteiger partial charge on any atom is -0.486 e. The van der Waals surface area contributed by atoms with Gasteiger partial charge in [0.1, 0.15) is 18.2 Å². The first-order chi connectivity index (χ1) is 13.7. The number of ether oxygens (including phenoxy) is 1. The number of nitrogens with zero attached hydrogens (tertiary/aromatic N) is 2. The van der Waals surface area contributed by atoms with E-state index in [0.29, 0.717) is 18.7 Å². The van der Waals surface area contributed by atoms with Gasteiger partial charge in [-0.25, -0.2) is 4.98 Å². The van der Waals surface area contributed by atoms with Crippen molar-refractivity contribution in [2.75, 3.05) is 6.54 Å². The summed E-state index contributed by atoms with van der Waals surface area (Å²) in [6.07, 6.45) is 7.09. The van der Waals surface area contributed by atoms with Gasteiger partial charge in [-0.1, -0.05) is 36.8 Å². The van der Waals surface area contributed by atoms with Gasteiger partial charge in [0, 0.05) is 37.0 Å². The maximum atomic E-state index is 12.6. The first-order valence-corrected chi connectivity index (χ1v) is 9.69. The number of imidazole rings is 1. The monoisotopic (exact) mass is 375 g/mol. The number of nitrogens with one attached hydrogen (secondary N) is 1. The highest BCUT2D eigenvalue weighted by Crippen LogP contribution is 2.43. The number of aryl methyl sites for hydroxylation is 1. The van der Waals surface area contributed by atoms with Crippen LogP contribution in [0.25, 0.3) is 0 Å². The summed E-state index contributed by atoms with van der Waals surface area (Å²) in [6.45, 7) is 1.07. The lowest BCUT2D eigenvalue weighted by atomic mass is 9.64. The minimum atomic E-state index is -0.0437. The number of rotatable bonds is 7. The summed E-state index contributed by atoms with van der Waals surface area (Å²) in [7, 11) is 1.93. The SMILES string of the molecule is Cn1ccnc1COc1ccc(C(=O)NCC2(c3ccccc3)CCC2)cc1. The predicted octanol–water partition coefficient (Wildman–Crippen LogP) is 3.85. The first kappa shape index (κ1) is 18.3. The number of amides is 1. The Morgan fingerprint density at radius 2 is 1.89 bits per heavy atom. The number of hydrogen-bond donors (Lipinski definition) is 1. The topological polar surface area (TPSA) is 56.2 Å². The molecular weight excluding hydrogens is 350 g/mol. The molecule has 1 aliphatic carbocycles. The van der Waals surface area contributed by atoms with Crippen LogP contribution in [0.3, 0.4) is 0 Å². The molecule has 5 nitrogen and oxygen atoms in total. The van der Waals surface area contributed by atoms with Gasteiger partial charge in [0.25, 0.3) is 5.91 Å². The molecule has 0 unspecified atom stereocenters. The third-order valence-electron chi connectivity index (χ3n) is 5.69. The number of hydrogen-bond acceptors (Lipinski definition) is 3. The lowest BCUT2D eigenvalue weighted by Gasteiger charge is -2.42. The normalized spacial score (nSPS) is 14.9. The molecule has 0 atom stereocenters. The molecule has 1 heterocycles. The molecule has 0 saturated heterocycles. The lowest BCUT2D eigenvalue weighted by Crippen LogP contribution is -2.45. The van der Waals surface area contributed by atoms with Gasteiger partial charge in [0.2, 0.25) is 0 Å². The highest BCUT2D eigenvalue weighted by Gasteiger charge is 2.38. The van der Waals surface area contributed by atoms with Crippen molar-refractivity contribution >= 4 is 5.91 Å². The second-order valence-electron chi connectivity index (χ2n) is 7.45. The second-order valence-corrected chi connectivity index (χ2v) is 7.45. The van der Waals surface area contributed by atoms with E-state index in [1.807, 2.05) is 36.0 Å². The van der Waals surface area contributed by atoms with Gasteiger partial charge >= 0.3 is 0 Å². The van der Waals surface area contributed by atoms with Gasteiger partial charge in [0.05, 0.1) is 0 Å². The van der Waals surface area contributed by atoms with Crippen molar-refractivity contribution in [3.63, 3.8) is 0 Å². The molecule has 1 amide bonds. The van der Waals surface area contributed by atoms with E-state index in [2.05, 4.69) is 34.6 Å². The summed E-state index contributed by atoms with van der Waals surface area (Å²) in [5.74, 6) is 1.53. The number of carbonyl (C=O) groups is 1. The fourth-order valence-corrected chi connectivity index (χ4v) is 3.70. The van der Waals surface area contributed by atoms with Crippen LogP contribution in [0.2, 0.25) is 0 Å². The maximum Gasteiger partial charge on any atom is 0.251 e. The molecule has 2 aromatic carbocycles. The molecule has 3 aromatic rings. The van der Waals surface area contributed by atoms with E-state index in [0.717, 1.165) is 24.4 Å². The van der Waals surface area contributed by atoms with Crippen LogP contribution in [0, 0.1) is 0 Å². The maximum absolute atomic E-state index is 12.6. The zero-order valence-corrected chi connectivity index (χ0v) is 16.1. The molecule has 1 aromatic heterocycles. The van der Waals surface area contributed by atoms with E-state index in [1.54, 1.807) is 18.3 Å². The lowest BCUT2D eigenvalue weighted by molar-refractivity contribution is 0.0928. The van der Waals surface area contributed by atoms with Crippen molar-refractivity contribution in [1.82, 2.24) is 14.9 Å². The van der Waals surface area contributed by atoms with Gasteiger partial charge < -0.3 is 14.6 Å². The van der Waals surface area contributed by atoms with Gasteiger partial charge in [-0.05, 0) is 42.7 Å². The third kappa shape index (κ3) is 3.79. The molecule has 1 N–H and O–H groups in total. The Labute approximate surface area is 165 Å². The van der Waals surface area contributed by atoms with Crippen LogP contribution in [0.5, 0.6) is 5.75 Å². The van der Waals surface area contributed by atoms with Gasteiger partial charge in [-0.2, -0.15) is 0 Å². The molecule has 4 rings (SSSR count). The second kappa shape index (κ2) is 7.89. The van der Waals surface area contributed by atoms with Crippen LogP contribution in [0.1, 0.15) is 41.0 Å².